The Morgan fingerprint density at radius 1 is 0.731 bits per heavy atom. The number of carboxylic acid groups (broad SMARTS) is 2. The third kappa shape index (κ3) is 22.5. The maximum absolute atomic E-state index is 13.2. The fourth-order valence-corrected chi connectivity index (χ4v) is 9.30. The van der Waals surface area contributed by atoms with Gasteiger partial charge in [0.2, 0.25) is 26.0 Å². The second-order valence-electron chi connectivity index (χ2n) is 18.2. The summed E-state index contributed by atoms with van der Waals surface area (Å²) in [5.41, 5.74) is 1.59. The fourth-order valence-electron chi connectivity index (χ4n) is 7.03. The molecule has 0 aliphatic carbocycles. The summed E-state index contributed by atoms with van der Waals surface area (Å²) in [7, 11) is -8.06. The molecule has 0 bridgehead atoms. The van der Waals surface area contributed by atoms with E-state index in [-0.39, 0.29) is 40.6 Å². The van der Waals surface area contributed by atoms with Gasteiger partial charge in [-0.3, -0.25) is 19.1 Å². The summed E-state index contributed by atoms with van der Waals surface area (Å²) in [5.74, 6) is -2.85. The topological polar surface area (TPSA) is 350 Å². The number of anilines is 1. The SMILES string of the molecule is CCOCCCNC(=O)CCC(NC(=O)OC(C)(C)C)C(=O)O.CCOCCOCCCNS(=O)(=O)c1ccc(-c2ccc(S(=O)(=O)NC(CNC(=O)c3ccc4c(cnn4CCCNc4ncc[nH]4)c3)C(=O)O)cc2)cc1. The molecule has 25 nitrogen and oxygen atoms in total. The van der Waals surface area contributed by atoms with E-state index in [1.165, 1.54) is 36.4 Å². The first kappa shape index (κ1) is 63.5. The highest BCUT2D eigenvalue weighted by molar-refractivity contribution is 7.89. The number of aromatic amines is 1. The van der Waals surface area contributed by atoms with Crippen LogP contribution in [0, 0.1) is 0 Å². The van der Waals surface area contributed by atoms with Gasteiger partial charge in [-0.2, -0.15) is 9.82 Å². The van der Waals surface area contributed by atoms with Crippen molar-refractivity contribution < 1.29 is 70.0 Å². The van der Waals surface area contributed by atoms with Gasteiger partial charge in [0.25, 0.3) is 5.91 Å². The maximum atomic E-state index is 13.2. The van der Waals surface area contributed by atoms with E-state index in [0.717, 1.165) is 11.9 Å². The lowest BCUT2D eigenvalue weighted by atomic mass is 10.1. The number of sulfonamides is 2. The van der Waals surface area contributed by atoms with Crippen molar-refractivity contribution in [2.75, 3.05) is 71.1 Å². The number of carboxylic acids is 2. The number of ether oxygens (including phenoxy) is 4. The summed E-state index contributed by atoms with van der Waals surface area (Å²) < 4.78 is 78.9. The summed E-state index contributed by atoms with van der Waals surface area (Å²) in [6.07, 6.45) is 6.15. The van der Waals surface area contributed by atoms with E-state index < -0.39 is 68.2 Å². The van der Waals surface area contributed by atoms with Gasteiger partial charge in [-0.25, -0.2) is 36.1 Å². The number of alkyl carbamates (subject to hydrolysis) is 1. The molecule has 5 rings (SSSR count). The highest BCUT2D eigenvalue weighted by atomic mass is 32.2. The predicted molar refractivity (Wildman–Crippen MR) is 289 cm³/mol. The predicted octanol–water partition coefficient (Wildman–Crippen LogP) is 4.10. The molecule has 0 fully saturated rings. The van der Waals surface area contributed by atoms with Crippen LogP contribution in [-0.4, -0.2) is 160 Å². The van der Waals surface area contributed by atoms with E-state index in [1.54, 1.807) is 69.7 Å². The first-order valence-electron chi connectivity index (χ1n) is 25.3. The number of carbonyl (C=O) groups is 5. The van der Waals surface area contributed by atoms with Crippen LogP contribution in [0.5, 0.6) is 0 Å². The molecule has 428 valence electrons. The fraction of sp³-hybridized carbons (Fsp3) is 0.471. The van der Waals surface area contributed by atoms with E-state index in [1.807, 2.05) is 18.5 Å². The van der Waals surface area contributed by atoms with Crippen LogP contribution in [0.4, 0.5) is 10.7 Å². The molecule has 0 radical (unpaired) electrons. The zero-order valence-corrected chi connectivity index (χ0v) is 46.0. The average molecular weight is 1130 g/mol. The molecule has 9 N–H and O–H groups in total. The Morgan fingerprint density at radius 3 is 1.96 bits per heavy atom. The first-order valence-corrected chi connectivity index (χ1v) is 28.2. The molecule has 0 aliphatic rings. The number of carbonyl (C=O) groups excluding carboxylic acids is 3. The minimum atomic E-state index is -4.32. The van der Waals surface area contributed by atoms with Crippen LogP contribution in [0.15, 0.2) is 95.1 Å². The van der Waals surface area contributed by atoms with Crippen molar-refractivity contribution in [2.24, 2.45) is 0 Å². The molecule has 2 heterocycles. The first-order chi connectivity index (χ1) is 37.1. The second-order valence-corrected chi connectivity index (χ2v) is 21.6. The monoisotopic (exact) mass is 1130 g/mol. The largest absolute Gasteiger partial charge is 0.480 e. The van der Waals surface area contributed by atoms with Gasteiger partial charge < -0.3 is 55.4 Å². The number of rotatable bonds is 33. The molecule has 27 heteroatoms. The number of hydrogen-bond acceptors (Lipinski definition) is 16. The molecule has 3 amide bonds. The summed E-state index contributed by atoms with van der Waals surface area (Å²) in [4.78, 5) is 66.3. The Kier molecular flexibility index (Phi) is 26.1. The lowest BCUT2D eigenvalue weighted by molar-refractivity contribution is -0.140. The second kappa shape index (κ2) is 32.0. The molecular weight excluding hydrogens is 1060 g/mol. The Hall–Kier alpha value is -7.01. The van der Waals surface area contributed by atoms with Gasteiger partial charge in [0, 0.05) is 88.9 Å². The average Bonchev–Trinajstić information content (AvgIpc) is 4.10. The van der Waals surface area contributed by atoms with Crippen LogP contribution >= 0.6 is 0 Å². The minimum Gasteiger partial charge on any atom is -0.480 e. The standard InChI is InChI=1S/C36H44N8O9S2.C15H28N2O6/c1-2-52-21-22-53-20-4-16-42-54(48,49)30-10-5-26(6-11-30)27-7-12-31(13-8-27)55(50,51)43-32(35(46)47)25-40-34(45)28-9-14-33-29(23-28)24-41-44(33)19-3-15-37-36-38-17-18-39-36;1-5-22-10-6-9-16-12(18)8-7-11(13(19)20)17-14(21)23-15(2,3)4/h5-14,17-18,23-24,32,42-43H,2-4,15-16,19-22,25H2,1H3,(H,40,45)(H,46,47)(H2,37,38,39);11H,5-10H2,1-4H3,(H,16,18)(H,17,21)(H,19,20). The smallest absolute Gasteiger partial charge is 0.408 e. The van der Waals surface area contributed by atoms with Crippen molar-refractivity contribution >= 4 is 66.7 Å². The van der Waals surface area contributed by atoms with Crippen molar-refractivity contribution in [3.63, 3.8) is 0 Å². The lowest BCUT2D eigenvalue weighted by Gasteiger charge is -2.21. The van der Waals surface area contributed by atoms with E-state index in [9.17, 15) is 45.9 Å². The number of aryl methyl sites for hydroxylation is 1. The highest BCUT2D eigenvalue weighted by Crippen LogP contribution is 2.24. The van der Waals surface area contributed by atoms with E-state index in [2.05, 4.69) is 45.8 Å². The molecule has 3 aromatic carbocycles. The summed E-state index contributed by atoms with van der Waals surface area (Å²) in [5, 5.41) is 34.6. The summed E-state index contributed by atoms with van der Waals surface area (Å²) in [6, 6.07) is 13.9. The Morgan fingerprint density at radius 2 is 1.35 bits per heavy atom. The molecular formula is C51H72N10O15S2. The Bertz CT molecular complexity index is 2900. The number of aliphatic carboxylic acids is 2. The molecule has 78 heavy (non-hydrogen) atoms. The summed E-state index contributed by atoms with van der Waals surface area (Å²) in [6.45, 7) is 13.4. The number of nitrogens with zero attached hydrogens (tertiary/aromatic N) is 3. The third-order valence-corrected chi connectivity index (χ3v) is 13.9. The number of benzene rings is 3. The molecule has 0 saturated carbocycles. The Labute approximate surface area is 454 Å². The number of amides is 3. The third-order valence-electron chi connectivity index (χ3n) is 10.9. The van der Waals surface area contributed by atoms with Gasteiger partial charge in [-0.05, 0) is 114 Å². The summed E-state index contributed by atoms with van der Waals surface area (Å²) >= 11 is 0. The number of nitrogens with one attached hydrogen (secondary N) is 7. The molecule has 2 atom stereocenters. The van der Waals surface area contributed by atoms with Crippen molar-refractivity contribution in [1.82, 2.24) is 45.1 Å². The molecule has 5 aromatic rings. The van der Waals surface area contributed by atoms with Crippen LogP contribution in [0.3, 0.4) is 0 Å². The van der Waals surface area contributed by atoms with Crippen LogP contribution < -0.4 is 30.7 Å². The number of fused-ring (bicyclic) bond motifs is 1. The van der Waals surface area contributed by atoms with Gasteiger partial charge in [0.15, 0.2) is 5.95 Å². The molecule has 0 saturated heterocycles. The van der Waals surface area contributed by atoms with Gasteiger partial charge in [-0.1, -0.05) is 24.3 Å². The van der Waals surface area contributed by atoms with E-state index >= 15 is 0 Å². The minimum absolute atomic E-state index is 0.00139. The number of hydrogen-bond donors (Lipinski definition) is 9. The van der Waals surface area contributed by atoms with Gasteiger partial charge in [-0.15, -0.1) is 0 Å². The van der Waals surface area contributed by atoms with Gasteiger partial charge in [0.05, 0.1) is 34.7 Å². The normalized spacial score (nSPS) is 12.4. The van der Waals surface area contributed by atoms with Crippen LogP contribution in [-0.2, 0) is 59.9 Å². The zero-order chi connectivity index (χ0) is 57.1. The molecule has 2 unspecified atom stereocenters. The van der Waals surface area contributed by atoms with Crippen LogP contribution in [0.25, 0.3) is 22.0 Å². The number of imidazole rings is 1. The lowest BCUT2D eigenvalue weighted by Crippen LogP contribution is -2.48. The Balaban J connectivity index is 0.000000480. The molecule has 2 aromatic heterocycles. The van der Waals surface area contributed by atoms with Crippen LogP contribution in [0.1, 0.15) is 77.1 Å². The van der Waals surface area contributed by atoms with Gasteiger partial charge >= 0.3 is 18.0 Å². The maximum Gasteiger partial charge on any atom is 0.408 e. The molecule has 0 spiro atoms. The zero-order valence-electron chi connectivity index (χ0n) is 44.4. The van der Waals surface area contributed by atoms with Crippen molar-refractivity contribution in [3.8, 4) is 11.1 Å². The van der Waals surface area contributed by atoms with Gasteiger partial charge in [0.1, 0.15) is 17.7 Å². The van der Waals surface area contributed by atoms with E-state index in [4.69, 9.17) is 24.1 Å². The van der Waals surface area contributed by atoms with Crippen molar-refractivity contribution in [3.05, 3.63) is 90.9 Å². The molecule has 0 aliphatic heterocycles. The number of aromatic nitrogens is 4. The number of H-pyrrole nitrogens is 1. The van der Waals surface area contributed by atoms with Crippen molar-refractivity contribution in [1.29, 1.82) is 0 Å². The van der Waals surface area contributed by atoms with Crippen molar-refractivity contribution in [2.45, 2.75) is 101 Å². The van der Waals surface area contributed by atoms with E-state index in [0.29, 0.717) is 94.6 Å². The van der Waals surface area contributed by atoms with Crippen LogP contribution in [0.2, 0.25) is 0 Å². The highest BCUT2D eigenvalue weighted by Gasteiger charge is 2.27. The quantitative estimate of drug-likeness (QED) is 0.0267.